The molecule has 0 heterocycles. The van der Waals surface area contributed by atoms with Crippen molar-refractivity contribution in [3.05, 3.63) is 63.2 Å². The van der Waals surface area contributed by atoms with E-state index < -0.39 is 0 Å². The molecule has 21 heavy (non-hydrogen) atoms. The minimum absolute atomic E-state index is 0. The quantitative estimate of drug-likeness (QED) is 0.471. The average Bonchev–Trinajstić information content (AvgIpc) is 2.36. The Hall–Kier alpha value is -0.863. The molecule has 0 aromatic heterocycles. The van der Waals surface area contributed by atoms with Gasteiger partial charge in [-0.15, -0.1) is 9.24 Å². The van der Waals surface area contributed by atoms with Crippen molar-refractivity contribution in [2.45, 2.75) is 34.6 Å². The fraction of sp³-hybridized carbons (Fsp3) is 0.278. The van der Waals surface area contributed by atoms with E-state index in [1.54, 1.807) is 0 Å². The van der Waals surface area contributed by atoms with Gasteiger partial charge in [-0.25, -0.2) is 0 Å². The van der Waals surface area contributed by atoms with E-state index in [1.165, 1.54) is 5.56 Å². The van der Waals surface area contributed by atoms with Gasteiger partial charge in [0.1, 0.15) is 0 Å². The molecule has 1 atom stereocenters. The van der Waals surface area contributed by atoms with E-state index in [-0.39, 0.29) is 24.6 Å². The van der Waals surface area contributed by atoms with Crippen LogP contribution in [0, 0.1) is 34.6 Å². The molecule has 1 unspecified atom stereocenters. The zero-order chi connectivity index (χ0) is 15.0. The second-order valence-corrected chi connectivity index (χ2v) is 6.10. The Morgan fingerprint density at radius 1 is 0.857 bits per heavy atom. The van der Waals surface area contributed by atoms with Crippen molar-refractivity contribution in [3.63, 3.8) is 0 Å². The number of benzene rings is 2. The molecule has 0 spiro atoms. The van der Waals surface area contributed by atoms with E-state index in [9.17, 15) is 4.79 Å². The molecule has 1 nitrogen and oxygen atoms in total. The fourth-order valence-corrected chi connectivity index (χ4v) is 3.08. The number of carbonyl (C=O) groups excluding carboxylic acids is 1. The van der Waals surface area contributed by atoms with Crippen LogP contribution in [0.15, 0.2) is 24.3 Å². The third kappa shape index (κ3) is 3.32. The van der Waals surface area contributed by atoms with E-state index in [2.05, 4.69) is 22.2 Å². The molecule has 0 aliphatic heterocycles. The van der Waals surface area contributed by atoms with Crippen LogP contribution in [0.5, 0.6) is 0 Å². The molecule has 0 radical (unpaired) electrons. The molecular weight excluding hydrogens is 270 g/mol. The van der Waals surface area contributed by atoms with Crippen LogP contribution in [0.25, 0.3) is 0 Å². The first kappa shape index (κ1) is 18.2. The van der Waals surface area contributed by atoms with Crippen LogP contribution in [0.1, 0.15) is 43.7 Å². The van der Waals surface area contributed by atoms with Crippen LogP contribution >= 0.6 is 9.24 Å². The van der Waals surface area contributed by atoms with Gasteiger partial charge in [-0.05, 0) is 67.7 Å². The maximum atomic E-state index is 13.0. The van der Waals surface area contributed by atoms with Gasteiger partial charge in [-0.3, -0.25) is 4.79 Å². The maximum absolute atomic E-state index is 13.0. The molecule has 0 N–H and O–H groups in total. The molecule has 0 fully saturated rings. The van der Waals surface area contributed by atoms with E-state index >= 15 is 0 Å². The second kappa shape index (κ2) is 6.93. The molecule has 0 saturated carbocycles. The number of ketones is 1. The van der Waals surface area contributed by atoms with Crippen molar-refractivity contribution in [2.75, 3.05) is 0 Å². The van der Waals surface area contributed by atoms with Crippen molar-refractivity contribution >= 4 is 39.2 Å². The van der Waals surface area contributed by atoms with Gasteiger partial charge in [0.05, 0.1) is 0 Å². The number of rotatable bonds is 2. The van der Waals surface area contributed by atoms with Crippen molar-refractivity contribution in [1.29, 1.82) is 0 Å². The predicted octanol–water partition coefficient (Wildman–Crippen LogP) is 3.31. The van der Waals surface area contributed by atoms with Crippen LogP contribution in [-0.4, -0.2) is 24.6 Å². The topological polar surface area (TPSA) is 17.1 Å². The Morgan fingerprint density at radius 3 is 1.90 bits per heavy atom. The molecule has 0 bridgehead atoms. The third-order valence-electron chi connectivity index (χ3n) is 3.97. The van der Waals surface area contributed by atoms with Crippen LogP contribution in [0.4, 0.5) is 0 Å². The SMILES string of the molecule is Cc1cc(C)c(C(=O)c2c(C)cccc2C)c(C)c1P.[LiH]. The molecule has 2 aromatic carbocycles. The summed E-state index contributed by atoms with van der Waals surface area (Å²) >= 11 is 0. The molecule has 2 rings (SSSR count). The van der Waals surface area contributed by atoms with Gasteiger partial charge in [0.2, 0.25) is 0 Å². The average molecular weight is 292 g/mol. The van der Waals surface area contributed by atoms with Gasteiger partial charge < -0.3 is 0 Å². The molecule has 0 saturated heterocycles. The molecule has 0 amide bonds. The summed E-state index contributed by atoms with van der Waals surface area (Å²) in [6.45, 7) is 10.1. The van der Waals surface area contributed by atoms with E-state index in [1.807, 2.05) is 45.9 Å². The Bertz CT molecular complexity index is 685. The summed E-state index contributed by atoms with van der Waals surface area (Å²) in [6.07, 6.45) is 0. The van der Waals surface area contributed by atoms with Gasteiger partial charge in [-0.2, -0.15) is 0 Å². The summed E-state index contributed by atoms with van der Waals surface area (Å²) in [5.74, 6) is 0.138. The monoisotopic (exact) mass is 292 g/mol. The van der Waals surface area contributed by atoms with Crippen molar-refractivity contribution in [1.82, 2.24) is 0 Å². The van der Waals surface area contributed by atoms with E-state index in [4.69, 9.17) is 0 Å². The van der Waals surface area contributed by atoms with Gasteiger partial charge in [0.15, 0.2) is 5.78 Å². The molecule has 2 aromatic rings. The van der Waals surface area contributed by atoms with Crippen LogP contribution in [-0.2, 0) is 0 Å². The van der Waals surface area contributed by atoms with E-state index in [0.717, 1.165) is 38.7 Å². The number of hydrogen-bond acceptors (Lipinski definition) is 1. The summed E-state index contributed by atoms with van der Waals surface area (Å²) in [6, 6.07) is 8.09. The number of aryl methyl sites for hydroxylation is 4. The molecule has 0 aliphatic rings. The Labute approximate surface area is 141 Å². The summed E-state index contributed by atoms with van der Waals surface area (Å²) in [4.78, 5) is 13.0. The third-order valence-corrected chi connectivity index (χ3v) is 4.85. The van der Waals surface area contributed by atoms with Crippen LogP contribution < -0.4 is 5.30 Å². The number of carbonyl (C=O) groups is 1. The first-order valence-electron chi connectivity index (χ1n) is 6.81. The minimum atomic E-state index is 0. The van der Waals surface area contributed by atoms with Gasteiger partial charge >= 0.3 is 18.9 Å². The second-order valence-electron chi connectivity index (χ2n) is 5.52. The van der Waals surface area contributed by atoms with Gasteiger partial charge in [0.25, 0.3) is 0 Å². The zero-order valence-electron chi connectivity index (χ0n) is 12.8. The number of hydrogen-bond donors (Lipinski definition) is 0. The van der Waals surface area contributed by atoms with E-state index in [0.29, 0.717) is 0 Å². The van der Waals surface area contributed by atoms with Crippen molar-refractivity contribution in [2.24, 2.45) is 0 Å². The summed E-state index contributed by atoms with van der Waals surface area (Å²) in [7, 11) is 2.76. The Morgan fingerprint density at radius 2 is 1.38 bits per heavy atom. The summed E-state index contributed by atoms with van der Waals surface area (Å²) in [5, 5.41) is 1.13. The zero-order valence-corrected chi connectivity index (χ0v) is 13.9. The van der Waals surface area contributed by atoms with Crippen LogP contribution in [0.2, 0.25) is 0 Å². The summed E-state index contributed by atoms with van der Waals surface area (Å²) < 4.78 is 0. The standard InChI is InChI=1S/C18H21OP.Li.H/c1-10-7-6-8-11(2)15(10)17(19)16-12(3)9-13(4)18(20)14(16)5;;/h6-9H,20H2,1-5H3;;. The van der Waals surface area contributed by atoms with Crippen molar-refractivity contribution < 1.29 is 4.79 Å². The van der Waals surface area contributed by atoms with Crippen molar-refractivity contribution in [3.8, 4) is 0 Å². The molecule has 106 valence electrons. The summed E-state index contributed by atoms with van der Waals surface area (Å²) in [5.41, 5.74) is 7.10. The molecular formula is C18H22LiOP. The van der Waals surface area contributed by atoms with Gasteiger partial charge in [0, 0.05) is 11.1 Å². The normalized spacial score (nSPS) is 10.2. The van der Waals surface area contributed by atoms with Crippen LogP contribution in [0.3, 0.4) is 0 Å². The molecule has 0 aliphatic carbocycles. The Balaban J connectivity index is 0.00000220. The predicted molar refractivity (Wildman–Crippen MR) is 96.5 cm³/mol. The Kier molecular flexibility index (Phi) is 6.00. The first-order valence-corrected chi connectivity index (χ1v) is 7.39. The fourth-order valence-electron chi connectivity index (χ4n) is 2.85. The first-order chi connectivity index (χ1) is 9.34. The molecule has 3 heteroatoms. The van der Waals surface area contributed by atoms with Gasteiger partial charge in [-0.1, -0.05) is 24.3 Å².